The molecule has 5 nitrogen and oxygen atoms in total. The largest absolute Gasteiger partial charge is 0.497 e. The minimum absolute atomic E-state index is 0.324. The Balaban J connectivity index is 1.89. The number of fused-ring (bicyclic) bond motifs is 1. The zero-order valence-corrected chi connectivity index (χ0v) is 14.0. The van der Waals surface area contributed by atoms with Crippen LogP contribution in [-0.2, 0) is 0 Å². The van der Waals surface area contributed by atoms with E-state index in [1.165, 1.54) is 18.4 Å². The van der Waals surface area contributed by atoms with Crippen molar-refractivity contribution in [2.75, 3.05) is 19.5 Å². The first-order valence-corrected chi connectivity index (χ1v) is 7.89. The van der Waals surface area contributed by atoms with E-state index in [2.05, 4.69) is 10.3 Å². The van der Waals surface area contributed by atoms with Crippen LogP contribution in [0.5, 0.6) is 11.5 Å². The van der Waals surface area contributed by atoms with Gasteiger partial charge in [-0.1, -0.05) is 22.9 Å². The van der Waals surface area contributed by atoms with Gasteiger partial charge in [-0.25, -0.2) is 4.98 Å². The van der Waals surface area contributed by atoms with Crippen LogP contribution < -0.4 is 14.8 Å². The third-order valence-corrected chi connectivity index (χ3v) is 4.39. The summed E-state index contributed by atoms with van der Waals surface area (Å²) in [5.41, 5.74) is 1.15. The lowest BCUT2D eigenvalue weighted by atomic mass is 10.2. The number of nitrogens with one attached hydrogen (secondary N) is 1. The maximum absolute atomic E-state index is 12.4. The Kier molecular flexibility index (Phi) is 4.36. The Morgan fingerprint density at radius 1 is 1.17 bits per heavy atom. The van der Waals surface area contributed by atoms with Crippen LogP contribution in [0.2, 0.25) is 5.02 Å². The van der Waals surface area contributed by atoms with Crippen LogP contribution >= 0.6 is 22.9 Å². The van der Waals surface area contributed by atoms with Gasteiger partial charge in [0.2, 0.25) is 0 Å². The minimum Gasteiger partial charge on any atom is -0.497 e. The van der Waals surface area contributed by atoms with Gasteiger partial charge in [-0.3, -0.25) is 10.1 Å². The normalized spacial score (nSPS) is 10.6. The molecule has 23 heavy (non-hydrogen) atoms. The lowest BCUT2D eigenvalue weighted by molar-refractivity contribution is 0.102. The Morgan fingerprint density at radius 3 is 2.74 bits per heavy atom. The molecule has 0 aliphatic carbocycles. The number of carbonyl (C=O) groups excluding carboxylic acids is 1. The zero-order valence-electron chi connectivity index (χ0n) is 12.4. The van der Waals surface area contributed by atoms with E-state index in [1.54, 1.807) is 25.3 Å². The number of hydrogen-bond acceptors (Lipinski definition) is 5. The first kappa shape index (κ1) is 15.6. The van der Waals surface area contributed by atoms with Crippen molar-refractivity contribution in [3.8, 4) is 11.5 Å². The summed E-state index contributed by atoms with van der Waals surface area (Å²) in [6, 6.07) is 10.4. The molecule has 0 aliphatic heterocycles. The van der Waals surface area contributed by atoms with Crippen LogP contribution in [0.3, 0.4) is 0 Å². The summed E-state index contributed by atoms with van der Waals surface area (Å²) in [6.45, 7) is 0. The first-order chi connectivity index (χ1) is 11.1. The molecule has 1 N–H and O–H groups in total. The molecule has 0 fully saturated rings. The Labute approximate surface area is 141 Å². The van der Waals surface area contributed by atoms with E-state index in [1.807, 2.05) is 18.2 Å². The van der Waals surface area contributed by atoms with E-state index in [0.717, 1.165) is 16.0 Å². The van der Waals surface area contributed by atoms with Gasteiger partial charge in [-0.2, -0.15) is 0 Å². The van der Waals surface area contributed by atoms with Gasteiger partial charge < -0.3 is 9.47 Å². The Bertz CT molecular complexity index is 879. The van der Waals surface area contributed by atoms with E-state index in [4.69, 9.17) is 21.1 Å². The topological polar surface area (TPSA) is 60.5 Å². The molecule has 7 heteroatoms. The number of anilines is 1. The second kappa shape index (κ2) is 6.44. The SMILES string of the molecule is COc1ccc2nc(NC(=O)c3cc(Cl)ccc3OC)sc2c1. The molecular formula is C16H13ClN2O3S. The number of carbonyl (C=O) groups is 1. The fraction of sp³-hybridized carbons (Fsp3) is 0.125. The molecule has 3 aromatic rings. The lowest BCUT2D eigenvalue weighted by Crippen LogP contribution is -2.13. The first-order valence-electron chi connectivity index (χ1n) is 6.70. The number of rotatable bonds is 4. The fourth-order valence-electron chi connectivity index (χ4n) is 2.11. The van der Waals surface area contributed by atoms with Crippen LogP contribution in [0.4, 0.5) is 5.13 Å². The van der Waals surface area contributed by atoms with Gasteiger partial charge >= 0.3 is 0 Å². The molecule has 1 heterocycles. The highest BCUT2D eigenvalue weighted by atomic mass is 35.5. The van der Waals surface area contributed by atoms with Gasteiger partial charge in [0.05, 0.1) is 30.0 Å². The van der Waals surface area contributed by atoms with Crippen molar-refractivity contribution in [3.63, 3.8) is 0 Å². The third-order valence-electron chi connectivity index (χ3n) is 3.22. The molecule has 3 rings (SSSR count). The van der Waals surface area contributed by atoms with E-state index in [-0.39, 0.29) is 5.91 Å². The molecule has 118 valence electrons. The highest BCUT2D eigenvalue weighted by Crippen LogP contribution is 2.30. The fourth-order valence-corrected chi connectivity index (χ4v) is 3.17. The number of amides is 1. The van der Waals surface area contributed by atoms with Gasteiger partial charge in [0.15, 0.2) is 5.13 Å². The molecule has 0 aliphatic rings. The van der Waals surface area contributed by atoms with Gasteiger partial charge in [-0.05, 0) is 36.4 Å². The molecular weight excluding hydrogens is 336 g/mol. The van der Waals surface area contributed by atoms with Crippen molar-refractivity contribution in [1.29, 1.82) is 0 Å². The van der Waals surface area contributed by atoms with Crippen molar-refractivity contribution in [3.05, 3.63) is 47.0 Å². The van der Waals surface area contributed by atoms with Gasteiger partial charge in [0.1, 0.15) is 11.5 Å². The van der Waals surface area contributed by atoms with Crippen LogP contribution in [0.1, 0.15) is 10.4 Å². The number of thiazole rings is 1. The number of halogens is 1. The zero-order chi connectivity index (χ0) is 16.4. The van der Waals surface area contributed by atoms with Gasteiger partial charge in [-0.15, -0.1) is 0 Å². The quantitative estimate of drug-likeness (QED) is 0.766. The van der Waals surface area contributed by atoms with Crippen molar-refractivity contribution in [1.82, 2.24) is 4.98 Å². The molecule has 1 amide bonds. The van der Waals surface area contributed by atoms with E-state index >= 15 is 0 Å². The van der Waals surface area contributed by atoms with Gasteiger partial charge in [0, 0.05) is 5.02 Å². The van der Waals surface area contributed by atoms with Crippen molar-refractivity contribution < 1.29 is 14.3 Å². The van der Waals surface area contributed by atoms with E-state index in [0.29, 0.717) is 21.5 Å². The smallest absolute Gasteiger partial charge is 0.261 e. The van der Waals surface area contributed by atoms with Crippen LogP contribution in [0.15, 0.2) is 36.4 Å². The van der Waals surface area contributed by atoms with Crippen LogP contribution in [0, 0.1) is 0 Å². The van der Waals surface area contributed by atoms with Gasteiger partial charge in [0.25, 0.3) is 5.91 Å². The predicted octanol–water partition coefficient (Wildman–Crippen LogP) is 4.22. The molecule has 0 spiro atoms. The summed E-state index contributed by atoms with van der Waals surface area (Å²) in [7, 11) is 3.11. The van der Waals surface area contributed by atoms with Crippen LogP contribution in [0.25, 0.3) is 10.2 Å². The average Bonchev–Trinajstić information content (AvgIpc) is 2.95. The molecule has 1 aromatic heterocycles. The average molecular weight is 349 g/mol. The lowest BCUT2D eigenvalue weighted by Gasteiger charge is -2.08. The van der Waals surface area contributed by atoms with Crippen LogP contribution in [-0.4, -0.2) is 25.1 Å². The van der Waals surface area contributed by atoms with Crippen molar-refractivity contribution in [2.24, 2.45) is 0 Å². The second-order valence-corrected chi connectivity index (χ2v) is 6.12. The van der Waals surface area contributed by atoms with Crippen molar-refractivity contribution >= 4 is 44.2 Å². The highest BCUT2D eigenvalue weighted by Gasteiger charge is 2.15. The van der Waals surface area contributed by atoms with Crippen molar-refractivity contribution in [2.45, 2.75) is 0 Å². The summed E-state index contributed by atoms with van der Waals surface area (Å²) in [5.74, 6) is 0.876. The summed E-state index contributed by atoms with van der Waals surface area (Å²) < 4.78 is 11.3. The van der Waals surface area contributed by atoms with E-state index < -0.39 is 0 Å². The number of aromatic nitrogens is 1. The standard InChI is InChI=1S/C16H13ClN2O3S/c1-21-10-4-5-12-14(8-10)23-16(18-12)19-15(20)11-7-9(17)3-6-13(11)22-2/h3-8H,1-2H3,(H,18,19,20). The number of nitrogens with zero attached hydrogens (tertiary/aromatic N) is 1. The molecule has 0 saturated heterocycles. The monoisotopic (exact) mass is 348 g/mol. The summed E-state index contributed by atoms with van der Waals surface area (Å²) in [4.78, 5) is 16.8. The molecule has 0 atom stereocenters. The number of ether oxygens (including phenoxy) is 2. The number of methoxy groups -OCH3 is 2. The number of hydrogen-bond donors (Lipinski definition) is 1. The second-order valence-electron chi connectivity index (χ2n) is 4.65. The predicted molar refractivity (Wildman–Crippen MR) is 92.1 cm³/mol. The summed E-state index contributed by atoms with van der Waals surface area (Å²) >= 11 is 7.33. The molecule has 0 bridgehead atoms. The molecule has 0 radical (unpaired) electrons. The number of benzene rings is 2. The minimum atomic E-state index is -0.324. The third kappa shape index (κ3) is 3.23. The maximum Gasteiger partial charge on any atom is 0.261 e. The van der Waals surface area contributed by atoms with E-state index in [9.17, 15) is 4.79 Å². The Hall–Kier alpha value is -2.31. The summed E-state index contributed by atoms with van der Waals surface area (Å²) in [5, 5.41) is 3.74. The molecule has 0 saturated carbocycles. The summed E-state index contributed by atoms with van der Waals surface area (Å²) in [6.07, 6.45) is 0. The molecule has 0 unspecified atom stereocenters. The maximum atomic E-state index is 12.4. The Morgan fingerprint density at radius 2 is 2.00 bits per heavy atom. The highest BCUT2D eigenvalue weighted by molar-refractivity contribution is 7.22. The molecule has 2 aromatic carbocycles.